The smallest absolute Gasteiger partial charge is 0.308 e. The molecule has 0 bridgehead atoms. The zero-order chi connectivity index (χ0) is 16.1. The first-order chi connectivity index (χ1) is 9.76. The number of nitrogens with one attached hydrogen (secondary N) is 1. The average Bonchev–Trinajstić information content (AvgIpc) is 2.37. The van der Waals surface area contributed by atoms with Gasteiger partial charge in [-0.2, -0.15) is 0 Å². The van der Waals surface area contributed by atoms with E-state index in [-0.39, 0.29) is 23.5 Å². The van der Waals surface area contributed by atoms with Gasteiger partial charge < -0.3 is 15.2 Å². The van der Waals surface area contributed by atoms with Crippen LogP contribution in [0.25, 0.3) is 0 Å². The first kappa shape index (κ1) is 18.4. The Balaban J connectivity index is 2.62. The van der Waals surface area contributed by atoms with Crippen molar-refractivity contribution in [2.24, 2.45) is 5.92 Å². The van der Waals surface area contributed by atoms with Crippen molar-refractivity contribution in [2.75, 3.05) is 6.61 Å². The van der Waals surface area contributed by atoms with Gasteiger partial charge in [0.1, 0.15) is 0 Å². The Morgan fingerprint density at radius 3 is 2.19 bits per heavy atom. The maximum atomic E-state index is 11.5. The summed E-state index contributed by atoms with van der Waals surface area (Å²) in [6.07, 6.45) is 4.47. The van der Waals surface area contributed by atoms with Gasteiger partial charge in [0.25, 0.3) is 0 Å². The molecule has 1 saturated heterocycles. The van der Waals surface area contributed by atoms with Crippen LogP contribution in [-0.2, 0) is 9.53 Å². The van der Waals surface area contributed by atoms with E-state index >= 15 is 0 Å². The molecule has 124 valence electrons. The summed E-state index contributed by atoms with van der Waals surface area (Å²) in [5, 5.41) is 14.0. The molecule has 0 aromatic carbocycles. The van der Waals surface area contributed by atoms with E-state index in [2.05, 4.69) is 33.0 Å². The molecule has 0 saturated carbocycles. The van der Waals surface area contributed by atoms with Crippen molar-refractivity contribution >= 4 is 5.97 Å². The number of hydrogen-bond donors (Lipinski definition) is 2. The predicted molar refractivity (Wildman–Crippen MR) is 85.1 cm³/mol. The molecule has 21 heavy (non-hydrogen) atoms. The summed E-state index contributed by atoms with van der Waals surface area (Å²) in [6.45, 7) is 11.1. The van der Waals surface area contributed by atoms with Gasteiger partial charge in [-0.1, -0.05) is 13.8 Å². The minimum absolute atomic E-state index is 0.115. The van der Waals surface area contributed by atoms with E-state index < -0.39 is 6.10 Å². The first-order valence-electron chi connectivity index (χ1n) is 8.39. The van der Waals surface area contributed by atoms with Crippen molar-refractivity contribution in [2.45, 2.75) is 90.3 Å². The molecular formula is C17H33NO3. The molecule has 4 heteroatoms. The normalized spacial score (nSPS) is 34.5. The fraction of sp³-hybridized carbons (Fsp3) is 0.941. The zero-order valence-electron chi connectivity index (χ0n) is 14.4. The lowest BCUT2D eigenvalue weighted by Crippen LogP contribution is -2.60. The minimum Gasteiger partial charge on any atom is -0.466 e. The molecule has 1 fully saturated rings. The summed E-state index contributed by atoms with van der Waals surface area (Å²) in [5.41, 5.74) is 0.245. The second kappa shape index (κ2) is 7.59. The molecular weight excluding hydrogens is 266 g/mol. The summed E-state index contributed by atoms with van der Waals surface area (Å²) < 4.78 is 4.91. The van der Waals surface area contributed by atoms with Crippen LogP contribution >= 0.6 is 0 Å². The molecule has 3 atom stereocenters. The Labute approximate surface area is 129 Å². The van der Waals surface area contributed by atoms with Gasteiger partial charge in [0.05, 0.1) is 19.1 Å². The number of carbonyl (C=O) groups is 1. The third-order valence-corrected chi connectivity index (χ3v) is 4.96. The SMILES string of the molecule is CCOC(=O)CC(O)CC1CC(C)(CC)NC(C)(CC)C1. The maximum Gasteiger partial charge on any atom is 0.308 e. The topological polar surface area (TPSA) is 58.6 Å². The number of carbonyl (C=O) groups excluding carboxylic acids is 1. The lowest BCUT2D eigenvalue weighted by Gasteiger charge is -2.49. The first-order valence-corrected chi connectivity index (χ1v) is 8.39. The van der Waals surface area contributed by atoms with Crippen molar-refractivity contribution < 1.29 is 14.6 Å². The van der Waals surface area contributed by atoms with Crippen molar-refractivity contribution in [3.05, 3.63) is 0 Å². The third-order valence-electron chi connectivity index (χ3n) is 4.96. The highest BCUT2D eigenvalue weighted by molar-refractivity contribution is 5.69. The minimum atomic E-state index is -0.589. The van der Waals surface area contributed by atoms with Gasteiger partial charge in [-0.05, 0) is 58.8 Å². The van der Waals surface area contributed by atoms with Crippen LogP contribution in [0.1, 0.15) is 73.1 Å². The summed E-state index contributed by atoms with van der Waals surface area (Å²) in [5.74, 6) is 0.154. The second-order valence-corrected chi connectivity index (χ2v) is 7.13. The molecule has 4 nitrogen and oxygen atoms in total. The molecule has 2 N–H and O–H groups in total. The van der Waals surface area contributed by atoms with E-state index in [1.807, 2.05) is 0 Å². The van der Waals surface area contributed by atoms with Gasteiger partial charge in [0.15, 0.2) is 0 Å². The van der Waals surface area contributed by atoms with Gasteiger partial charge in [-0.3, -0.25) is 4.79 Å². The largest absolute Gasteiger partial charge is 0.466 e. The summed E-state index contributed by atoms with van der Waals surface area (Å²) in [6, 6.07) is 0. The number of aliphatic hydroxyl groups is 1. The summed E-state index contributed by atoms with van der Waals surface area (Å²) >= 11 is 0. The van der Waals surface area contributed by atoms with E-state index in [9.17, 15) is 9.90 Å². The number of rotatable bonds is 7. The van der Waals surface area contributed by atoms with Crippen LogP contribution in [0.5, 0.6) is 0 Å². The number of hydrogen-bond acceptors (Lipinski definition) is 4. The molecule has 3 unspecified atom stereocenters. The van der Waals surface area contributed by atoms with Crippen molar-refractivity contribution in [3.63, 3.8) is 0 Å². The second-order valence-electron chi connectivity index (χ2n) is 7.13. The number of piperidine rings is 1. The van der Waals surface area contributed by atoms with Gasteiger partial charge in [0, 0.05) is 11.1 Å². The molecule has 1 rings (SSSR count). The van der Waals surface area contributed by atoms with Crippen LogP contribution in [0.2, 0.25) is 0 Å². The Bertz CT molecular complexity index is 329. The number of ether oxygens (including phenoxy) is 1. The van der Waals surface area contributed by atoms with E-state index in [4.69, 9.17) is 4.74 Å². The monoisotopic (exact) mass is 299 g/mol. The molecule has 0 radical (unpaired) electrons. The molecule has 1 aliphatic heterocycles. The van der Waals surface area contributed by atoms with Crippen molar-refractivity contribution in [1.82, 2.24) is 5.32 Å². The lowest BCUT2D eigenvalue weighted by atomic mass is 9.70. The van der Waals surface area contributed by atoms with Gasteiger partial charge >= 0.3 is 5.97 Å². The van der Waals surface area contributed by atoms with E-state index in [1.54, 1.807) is 6.92 Å². The molecule has 0 amide bonds. The van der Waals surface area contributed by atoms with E-state index in [0.717, 1.165) is 25.7 Å². The highest BCUT2D eigenvalue weighted by Gasteiger charge is 2.41. The fourth-order valence-electron chi connectivity index (χ4n) is 3.69. The molecule has 0 aliphatic carbocycles. The molecule has 0 aromatic rings. The van der Waals surface area contributed by atoms with Crippen LogP contribution in [0.15, 0.2) is 0 Å². The van der Waals surface area contributed by atoms with Crippen LogP contribution in [0, 0.1) is 5.92 Å². The van der Waals surface area contributed by atoms with Gasteiger partial charge in [0.2, 0.25) is 0 Å². The van der Waals surface area contributed by atoms with E-state index in [0.29, 0.717) is 18.9 Å². The van der Waals surface area contributed by atoms with Crippen LogP contribution in [0.3, 0.4) is 0 Å². The highest BCUT2D eigenvalue weighted by atomic mass is 16.5. The highest BCUT2D eigenvalue weighted by Crippen LogP contribution is 2.38. The molecule has 0 spiro atoms. The summed E-state index contributed by atoms with van der Waals surface area (Å²) in [7, 11) is 0. The molecule has 1 heterocycles. The lowest BCUT2D eigenvalue weighted by molar-refractivity contribution is -0.145. The molecule has 1 aliphatic rings. The Morgan fingerprint density at radius 1 is 1.24 bits per heavy atom. The van der Waals surface area contributed by atoms with Crippen molar-refractivity contribution in [1.29, 1.82) is 0 Å². The predicted octanol–water partition coefficient (Wildman–Crippen LogP) is 3.03. The quantitative estimate of drug-likeness (QED) is 0.709. The zero-order valence-corrected chi connectivity index (χ0v) is 14.4. The Kier molecular flexibility index (Phi) is 6.67. The van der Waals surface area contributed by atoms with Crippen molar-refractivity contribution in [3.8, 4) is 0 Å². The average molecular weight is 299 g/mol. The molecule has 0 aromatic heterocycles. The standard InChI is InChI=1S/C17H33NO3/c1-6-16(4)11-13(12-17(5,7-2)18-16)9-14(19)10-15(20)21-8-3/h13-14,18-19H,6-12H2,1-5H3. The van der Waals surface area contributed by atoms with E-state index in [1.165, 1.54) is 0 Å². The van der Waals surface area contributed by atoms with Crippen LogP contribution in [0.4, 0.5) is 0 Å². The van der Waals surface area contributed by atoms with Gasteiger partial charge in [-0.25, -0.2) is 0 Å². The Hall–Kier alpha value is -0.610. The maximum absolute atomic E-state index is 11.5. The fourth-order valence-corrected chi connectivity index (χ4v) is 3.69. The Morgan fingerprint density at radius 2 is 1.76 bits per heavy atom. The summed E-state index contributed by atoms with van der Waals surface area (Å²) in [4.78, 5) is 11.5. The number of aliphatic hydroxyl groups excluding tert-OH is 1. The van der Waals surface area contributed by atoms with Gasteiger partial charge in [-0.15, -0.1) is 0 Å². The van der Waals surface area contributed by atoms with Crippen LogP contribution in [-0.4, -0.2) is 34.9 Å². The number of esters is 1. The third kappa shape index (κ3) is 5.59. The van der Waals surface area contributed by atoms with Crippen LogP contribution < -0.4 is 5.32 Å².